The zero-order valence-corrected chi connectivity index (χ0v) is 11.0. The van der Waals surface area contributed by atoms with Gasteiger partial charge in [-0.2, -0.15) is 0 Å². The third-order valence-electron chi connectivity index (χ3n) is 4.28. The number of nitrogens with one attached hydrogen (secondary N) is 1. The Morgan fingerprint density at radius 2 is 1.62 bits per heavy atom. The highest BCUT2D eigenvalue weighted by Gasteiger charge is 2.26. The van der Waals surface area contributed by atoms with Crippen LogP contribution >= 0.6 is 0 Å². The van der Waals surface area contributed by atoms with Gasteiger partial charge in [0.15, 0.2) is 0 Å². The highest BCUT2D eigenvalue weighted by molar-refractivity contribution is 4.85. The fourth-order valence-electron chi connectivity index (χ4n) is 3.17. The van der Waals surface area contributed by atoms with Crippen LogP contribution in [0.5, 0.6) is 0 Å². The molecule has 1 aliphatic heterocycles. The summed E-state index contributed by atoms with van der Waals surface area (Å²) in [7, 11) is 0. The molecule has 1 unspecified atom stereocenters. The highest BCUT2D eigenvalue weighted by Crippen LogP contribution is 2.20. The van der Waals surface area contributed by atoms with Crippen LogP contribution in [0.1, 0.15) is 58.8 Å². The van der Waals surface area contributed by atoms with E-state index in [1.165, 1.54) is 58.0 Å². The molecule has 0 aromatic carbocycles. The van der Waals surface area contributed by atoms with E-state index in [1.807, 2.05) is 0 Å². The first kappa shape index (κ1) is 12.4. The van der Waals surface area contributed by atoms with Crippen molar-refractivity contribution < 1.29 is 0 Å². The van der Waals surface area contributed by atoms with Gasteiger partial charge in [-0.25, -0.2) is 0 Å². The van der Waals surface area contributed by atoms with Crippen molar-refractivity contribution in [2.75, 3.05) is 13.1 Å². The summed E-state index contributed by atoms with van der Waals surface area (Å²) in [5.74, 6) is 0. The Labute approximate surface area is 101 Å². The topological polar surface area (TPSA) is 15.3 Å². The van der Waals surface area contributed by atoms with Gasteiger partial charge in [-0.3, -0.25) is 4.90 Å². The van der Waals surface area contributed by atoms with Crippen LogP contribution in [0.25, 0.3) is 0 Å². The zero-order valence-electron chi connectivity index (χ0n) is 11.0. The molecule has 16 heavy (non-hydrogen) atoms. The normalized spacial score (nSPS) is 29.8. The summed E-state index contributed by atoms with van der Waals surface area (Å²) in [4.78, 5) is 2.61. The van der Waals surface area contributed by atoms with E-state index in [0.29, 0.717) is 0 Å². The van der Waals surface area contributed by atoms with Gasteiger partial charge in [0, 0.05) is 24.7 Å². The number of rotatable bonds is 3. The minimum Gasteiger partial charge on any atom is -0.310 e. The average molecular weight is 224 g/mol. The van der Waals surface area contributed by atoms with E-state index >= 15 is 0 Å². The lowest BCUT2D eigenvalue weighted by Crippen LogP contribution is -2.40. The maximum atomic E-state index is 3.90. The molecule has 2 fully saturated rings. The Hall–Kier alpha value is -0.0800. The Balaban J connectivity index is 1.73. The van der Waals surface area contributed by atoms with Crippen molar-refractivity contribution in [2.24, 2.45) is 0 Å². The number of hydrogen-bond donors (Lipinski definition) is 1. The molecule has 94 valence electrons. The molecule has 1 N–H and O–H groups in total. The van der Waals surface area contributed by atoms with Crippen molar-refractivity contribution in [3.8, 4) is 0 Å². The summed E-state index contributed by atoms with van der Waals surface area (Å²) in [6.45, 7) is 7.19. The van der Waals surface area contributed by atoms with Gasteiger partial charge in [0.1, 0.15) is 0 Å². The first-order valence-corrected chi connectivity index (χ1v) is 7.26. The van der Waals surface area contributed by atoms with Gasteiger partial charge < -0.3 is 5.32 Å². The predicted octanol–water partition coefficient (Wildman–Crippen LogP) is 2.78. The lowest BCUT2D eigenvalue weighted by Gasteiger charge is -2.23. The minimum atomic E-state index is 0.723. The van der Waals surface area contributed by atoms with E-state index in [9.17, 15) is 0 Å². The van der Waals surface area contributed by atoms with Crippen LogP contribution in [0.4, 0.5) is 0 Å². The number of likely N-dealkylation sites (tertiary alicyclic amines) is 1. The summed E-state index contributed by atoms with van der Waals surface area (Å²) in [5.41, 5.74) is 0. The molecule has 0 radical (unpaired) electrons. The zero-order chi connectivity index (χ0) is 11.4. The fourth-order valence-corrected chi connectivity index (χ4v) is 3.17. The third kappa shape index (κ3) is 3.46. The van der Waals surface area contributed by atoms with Crippen molar-refractivity contribution in [1.29, 1.82) is 0 Å². The van der Waals surface area contributed by atoms with E-state index < -0.39 is 0 Å². The monoisotopic (exact) mass is 224 g/mol. The molecule has 0 aromatic heterocycles. The molecule has 2 heteroatoms. The Kier molecular flexibility index (Phi) is 4.66. The molecule has 1 atom stereocenters. The van der Waals surface area contributed by atoms with Crippen LogP contribution < -0.4 is 5.32 Å². The minimum absolute atomic E-state index is 0.723. The van der Waals surface area contributed by atoms with Gasteiger partial charge in [0.2, 0.25) is 0 Å². The first-order chi connectivity index (χ1) is 7.75. The van der Waals surface area contributed by atoms with Crippen LogP contribution in [-0.2, 0) is 0 Å². The lowest BCUT2D eigenvalue weighted by atomic mass is 10.1. The molecular weight excluding hydrogens is 196 g/mol. The second kappa shape index (κ2) is 6.02. The molecule has 2 nitrogen and oxygen atoms in total. The molecule has 1 heterocycles. The average Bonchev–Trinajstić information content (AvgIpc) is 2.56. The molecule has 0 amide bonds. The molecule has 0 spiro atoms. The van der Waals surface area contributed by atoms with Gasteiger partial charge in [0.05, 0.1) is 0 Å². The molecule has 1 saturated carbocycles. The quantitative estimate of drug-likeness (QED) is 0.742. The largest absolute Gasteiger partial charge is 0.310 e. The first-order valence-electron chi connectivity index (χ1n) is 7.26. The maximum absolute atomic E-state index is 3.90. The van der Waals surface area contributed by atoms with E-state index in [2.05, 4.69) is 24.1 Å². The van der Waals surface area contributed by atoms with Gasteiger partial charge in [0.25, 0.3) is 0 Å². The second-order valence-electron chi connectivity index (χ2n) is 5.93. The van der Waals surface area contributed by atoms with Crippen LogP contribution in [0.15, 0.2) is 0 Å². The Bertz CT molecular complexity index is 195. The summed E-state index contributed by atoms with van der Waals surface area (Å²) < 4.78 is 0. The van der Waals surface area contributed by atoms with Crippen molar-refractivity contribution in [2.45, 2.75) is 76.9 Å². The molecule has 0 bridgehead atoms. The lowest BCUT2D eigenvalue weighted by molar-refractivity contribution is 0.263. The summed E-state index contributed by atoms with van der Waals surface area (Å²) in [6, 6.07) is 2.31. The summed E-state index contributed by atoms with van der Waals surface area (Å²) >= 11 is 0. The number of hydrogen-bond acceptors (Lipinski definition) is 2. The van der Waals surface area contributed by atoms with Crippen molar-refractivity contribution in [1.82, 2.24) is 10.2 Å². The van der Waals surface area contributed by atoms with Gasteiger partial charge >= 0.3 is 0 Å². The Morgan fingerprint density at radius 3 is 2.19 bits per heavy atom. The Morgan fingerprint density at radius 1 is 0.938 bits per heavy atom. The SMILES string of the molecule is CC(C)N1CCC(NC2CCCCCC2)C1. The molecule has 2 aliphatic rings. The predicted molar refractivity (Wildman–Crippen MR) is 69.7 cm³/mol. The number of nitrogens with zero attached hydrogens (tertiary/aromatic N) is 1. The van der Waals surface area contributed by atoms with E-state index in [-0.39, 0.29) is 0 Å². The maximum Gasteiger partial charge on any atom is 0.0209 e. The van der Waals surface area contributed by atoms with Gasteiger partial charge in [-0.15, -0.1) is 0 Å². The molecule has 1 saturated heterocycles. The van der Waals surface area contributed by atoms with Crippen molar-refractivity contribution in [3.63, 3.8) is 0 Å². The second-order valence-corrected chi connectivity index (χ2v) is 5.93. The van der Waals surface area contributed by atoms with E-state index in [1.54, 1.807) is 0 Å². The van der Waals surface area contributed by atoms with Crippen molar-refractivity contribution in [3.05, 3.63) is 0 Å². The van der Waals surface area contributed by atoms with E-state index in [4.69, 9.17) is 0 Å². The standard InChI is InChI=1S/C14H28N2/c1-12(2)16-10-9-14(11-16)15-13-7-5-3-4-6-8-13/h12-15H,3-11H2,1-2H3. The highest BCUT2D eigenvalue weighted by atomic mass is 15.2. The van der Waals surface area contributed by atoms with Crippen molar-refractivity contribution >= 4 is 0 Å². The molecule has 2 rings (SSSR count). The van der Waals surface area contributed by atoms with Gasteiger partial charge in [-0.1, -0.05) is 25.7 Å². The molecule has 1 aliphatic carbocycles. The fraction of sp³-hybridized carbons (Fsp3) is 1.00. The van der Waals surface area contributed by atoms with Crippen LogP contribution in [-0.4, -0.2) is 36.1 Å². The van der Waals surface area contributed by atoms with Crippen LogP contribution in [0.2, 0.25) is 0 Å². The summed E-state index contributed by atoms with van der Waals surface area (Å²) in [6.07, 6.45) is 9.99. The summed E-state index contributed by atoms with van der Waals surface area (Å²) in [5, 5.41) is 3.90. The van der Waals surface area contributed by atoms with Crippen LogP contribution in [0, 0.1) is 0 Å². The smallest absolute Gasteiger partial charge is 0.0209 e. The molecular formula is C14H28N2. The third-order valence-corrected chi connectivity index (χ3v) is 4.28. The van der Waals surface area contributed by atoms with Gasteiger partial charge in [-0.05, 0) is 39.7 Å². The van der Waals surface area contributed by atoms with Crippen LogP contribution in [0.3, 0.4) is 0 Å². The molecule has 0 aromatic rings. The van der Waals surface area contributed by atoms with E-state index in [0.717, 1.165) is 18.1 Å².